The van der Waals surface area contributed by atoms with E-state index in [0.29, 0.717) is 12.4 Å². The largest absolute Gasteiger partial charge is 0.493 e. The van der Waals surface area contributed by atoms with Gasteiger partial charge in [0, 0.05) is 16.1 Å². The number of hydrogen-bond donors (Lipinski definition) is 2. The Morgan fingerprint density at radius 2 is 1.90 bits per heavy atom. The first-order chi connectivity index (χ1) is 14.6. The summed E-state index contributed by atoms with van der Waals surface area (Å²) in [4.78, 5) is 15.0. The van der Waals surface area contributed by atoms with E-state index in [0.717, 1.165) is 30.1 Å². The molecule has 1 aromatic heterocycles. The first-order valence-corrected chi connectivity index (χ1v) is 11.0. The van der Waals surface area contributed by atoms with Gasteiger partial charge in [0.15, 0.2) is 17.5 Å². The van der Waals surface area contributed by atoms with Gasteiger partial charge in [-0.25, -0.2) is 0 Å². The molecule has 158 valence electrons. The highest BCUT2D eigenvalue weighted by atomic mass is 32.1. The van der Waals surface area contributed by atoms with Crippen molar-refractivity contribution in [2.24, 2.45) is 0 Å². The molecule has 1 amide bonds. The van der Waals surface area contributed by atoms with Crippen LogP contribution in [0.1, 0.15) is 24.3 Å². The van der Waals surface area contributed by atoms with Gasteiger partial charge in [-0.3, -0.25) is 4.79 Å². The highest BCUT2D eigenvalue weighted by molar-refractivity contribution is 7.09. The van der Waals surface area contributed by atoms with Crippen LogP contribution in [0.3, 0.4) is 0 Å². The number of quaternary nitrogens is 1. The summed E-state index contributed by atoms with van der Waals surface area (Å²) in [5, 5.41) is 5.04. The second-order valence-electron chi connectivity index (χ2n) is 7.12. The molecule has 30 heavy (non-hydrogen) atoms. The fraction of sp³-hybridized carbons (Fsp3) is 0.292. The zero-order valence-corrected chi connectivity index (χ0v) is 18.5. The molecule has 2 atom stereocenters. The van der Waals surface area contributed by atoms with E-state index in [-0.39, 0.29) is 11.9 Å². The lowest BCUT2D eigenvalue weighted by atomic mass is 10.1. The number of para-hydroxylation sites is 1. The Morgan fingerprint density at radius 3 is 2.57 bits per heavy atom. The summed E-state index contributed by atoms with van der Waals surface area (Å²) >= 11 is 1.67. The first-order valence-electron chi connectivity index (χ1n) is 10.1. The van der Waals surface area contributed by atoms with Crippen LogP contribution in [0.5, 0.6) is 11.5 Å². The van der Waals surface area contributed by atoms with Gasteiger partial charge in [-0.05, 0) is 55.6 Å². The van der Waals surface area contributed by atoms with E-state index >= 15 is 0 Å². The van der Waals surface area contributed by atoms with Crippen LogP contribution in [0.15, 0.2) is 66.0 Å². The van der Waals surface area contributed by atoms with Crippen molar-refractivity contribution in [2.75, 3.05) is 19.0 Å². The Bertz CT molecular complexity index is 929. The third-order valence-corrected chi connectivity index (χ3v) is 5.96. The predicted molar refractivity (Wildman–Crippen MR) is 121 cm³/mol. The molecule has 6 heteroatoms. The fourth-order valence-corrected chi connectivity index (χ4v) is 3.90. The number of thiophene rings is 1. The predicted octanol–water partition coefficient (Wildman–Crippen LogP) is 3.77. The second kappa shape index (κ2) is 10.8. The molecule has 0 saturated heterocycles. The maximum Gasteiger partial charge on any atom is 0.282 e. The van der Waals surface area contributed by atoms with Gasteiger partial charge in [-0.15, -0.1) is 11.3 Å². The molecule has 0 spiro atoms. The standard InChI is InChI=1S/C24H28N2O3S/c1-4-26(18(2)24(27)25-20-9-6-5-7-10-20)16-19-12-13-22(23(15-19)28-3)29-17-21-11-8-14-30-21/h5-15,18H,4,16-17H2,1-3H3,(H,25,27)/p+1/t18-/m0/s1. The molecule has 2 N–H and O–H groups in total. The highest BCUT2D eigenvalue weighted by Crippen LogP contribution is 2.29. The van der Waals surface area contributed by atoms with Crippen LogP contribution in [0.25, 0.3) is 0 Å². The molecule has 2 aromatic carbocycles. The van der Waals surface area contributed by atoms with E-state index in [1.807, 2.05) is 66.9 Å². The minimum atomic E-state index is -0.184. The van der Waals surface area contributed by atoms with E-state index in [1.54, 1.807) is 18.4 Å². The molecule has 0 bridgehead atoms. The van der Waals surface area contributed by atoms with Crippen molar-refractivity contribution >= 4 is 22.9 Å². The number of rotatable bonds is 10. The number of nitrogens with one attached hydrogen (secondary N) is 2. The quantitative estimate of drug-likeness (QED) is 0.520. The van der Waals surface area contributed by atoms with Gasteiger partial charge >= 0.3 is 0 Å². The molecule has 0 fully saturated rings. The summed E-state index contributed by atoms with van der Waals surface area (Å²) in [6, 6.07) is 19.4. The third-order valence-electron chi connectivity index (χ3n) is 5.11. The van der Waals surface area contributed by atoms with Crippen molar-refractivity contribution in [3.8, 4) is 11.5 Å². The molecule has 3 aromatic rings. The zero-order valence-electron chi connectivity index (χ0n) is 17.7. The lowest BCUT2D eigenvalue weighted by Crippen LogP contribution is -3.15. The molecule has 3 rings (SSSR count). The molecular formula is C24H29N2O3S+. The SMILES string of the molecule is CC[NH+](Cc1ccc(OCc2cccs2)c(OC)c1)[C@@H](C)C(=O)Nc1ccccc1. The maximum atomic E-state index is 12.7. The minimum Gasteiger partial charge on any atom is -0.493 e. The van der Waals surface area contributed by atoms with E-state index < -0.39 is 0 Å². The third kappa shape index (κ3) is 5.84. The van der Waals surface area contributed by atoms with Gasteiger partial charge in [-0.2, -0.15) is 0 Å². The maximum absolute atomic E-state index is 12.7. The average molecular weight is 426 g/mol. The molecule has 0 saturated carbocycles. The molecule has 0 aliphatic carbocycles. The van der Waals surface area contributed by atoms with Crippen LogP contribution >= 0.6 is 11.3 Å². The zero-order chi connectivity index (χ0) is 21.3. The molecule has 1 unspecified atom stereocenters. The number of carbonyl (C=O) groups excluding carboxylic acids is 1. The number of benzene rings is 2. The topological polar surface area (TPSA) is 52.0 Å². The second-order valence-corrected chi connectivity index (χ2v) is 8.15. The number of likely N-dealkylation sites (N-methyl/N-ethyl adjacent to an activating group) is 1. The van der Waals surface area contributed by atoms with E-state index in [9.17, 15) is 4.79 Å². The first kappa shape index (κ1) is 21.9. The lowest BCUT2D eigenvalue weighted by Gasteiger charge is -2.24. The number of hydrogen-bond acceptors (Lipinski definition) is 4. The van der Waals surface area contributed by atoms with Crippen LogP contribution < -0.4 is 19.7 Å². The van der Waals surface area contributed by atoms with Gasteiger partial charge < -0.3 is 19.7 Å². The summed E-state index contributed by atoms with van der Waals surface area (Å²) < 4.78 is 11.5. The number of anilines is 1. The summed E-state index contributed by atoms with van der Waals surface area (Å²) in [6.45, 7) is 6.14. The Balaban J connectivity index is 1.64. The van der Waals surface area contributed by atoms with Gasteiger partial charge in [0.05, 0.1) is 13.7 Å². The summed E-state index contributed by atoms with van der Waals surface area (Å²) in [5.74, 6) is 1.45. The van der Waals surface area contributed by atoms with E-state index in [1.165, 1.54) is 9.78 Å². The van der Waals surface area contributed by atoms with Crippen LogP contribution in [-0.2, 0) is 17.9 Å². The normalized spacial score (nSPS) is 12.8. The lowest BCUT2D eigenvalue weighted by molar-refractivity contribution is -0.925. The fourth-order valence-electron chi connectivity index (χ4n) is 3.29. The van der Waals surface area contributed by atoms with Gasteiger partial charge in [0.2, 0.25) is 0 Å². The van der Waals surface area contributed by atoms with Crippen molar-refractivity contribution in [1.82, 2.24) is 0 Å². The monoisotopic (exact) mass is 425 g/mol. The highest BCUT2D eigenvalue weighted by Gasteiger charge is 2.24. The van der Waals surface area contributed by atoms with Gasteiger partial charge in [0.25, 0.3) is 5.91 Å². The van der Waals surface area contributed by atoms with Crippen LogP contribution in [0.2, 0.25) is 0 Å². The summed E-state index contributed by atoms with van der Waals surface area (Å²) in [7, 11) is 1.65. The minimum absolute atomic E-state index is 0.0147. The molecule has 5 nitrogen and oxygen atoms in total. The van der Waals surface area contributed by atoms with Crippen molar-refractivity contribution in [2.45, 2.75) is 33.0 Å². The Kier molecular flexibility index (Phi) is 7.88. The van der Waals surface area contributed by atoms with Crippen LogP contribution in [-0.4, -0.2) is 25.6 Å². The summed E-state index contributed by atoms with van der Waals surface area (Å²) in [6.07, 6.45) is 0. The van der Waals surface area contributed by atoms with Crippen molar-refractivity contribution in [3.63, 3.8) is 0 Å². The molecule has 0 aliphatic rings. The van der Waals surface area contributed by atoms with Crippen molar-refractivity contribution < 1.29 is 19.2 Å². The number of carbonyl (C=O) groups is 1. The van der Waals surface area contributed by atoms with E-state index in [4.69, 9.17) is 9.47 Å². The molecule has 1 heterocycles. The number of ether oxygens (including phenoxy) is 2. The van der Waals surface area contributed by atoms with Gasteiger partial charge in [0.1, 0.15) is 13.2 Å². The Hall–Kier alpha value is -2.83. The molecule has 0 radical (unpaired) electrons. The number of amides is 1. The molecule has 0 aliphatic heterocycles. The van der Waals surface area contributed by atoms with Crippen LogP contribution in [0.4, 0.5) is 5.69 Å². The Labute approximate surface area is 182 Å². The number of methoxy groups -OCH3 is 1. The Morgan fingerprint density at radius 1 is 1.10 bits per heavy atom. The van der Waals surface area contributed by atoms with Crippen molar-refractivity contribution in [3.05, 3.63) is 76.5 Å². The van der Waals surface area contributed by atoms with Crippen LogP contribution in [0, 0.1) is 0 Å². The molecular weight excluding hydrogens is 396 g/mol. The van der Waals surface area contributed by atoms with Gasteiger partial charge in [-0.1, -0.05) is 24.3 Å². The van der Waals surface area contributed by atoms with Crippen molar-refractivity contribution in [1.29, 1.82) is 0 Å². The average Bonchev–Trinajstić information content (AvgIpc) is 3.30. The van der Waals surface area contributed by atoms with E-state index in [2.05, 4.69) is 18.3 Å². The smallest absolute Gasteiger partial charge is 0.282 e. The summed E-state index contributed by atoms with van der Waals surface area (Å²) in [5.41, 5.74) is 1.92.